The van der Waals surface area contributed by atoms with Crippen molar-refractivity contribution in [3.63, 3.8) is 0 Å². The average molecular weight is 407 g/mol. The van der Waals surface area contributed by atoms with Crippen molar-refractivity contribution in [3.8, 4) is 16.3 Å². The van der Waals surface area contributed by atoms with Gasteiger partial charge in [-0.05, 0) is 49.7 Å². The van der Waals surface area contributed by atoms with Gasteiger partial charge in [-0.25, -0.2) is 9.97 Å². The monoisotopic (exact) mass is 406 g/mol. The molecule has 6 nitrogen and oxygen atoms in total. The summed E-state index contributed by atoms with van der Waals surface area (Å²) >= 11 is 1.46. The van der Waals surface area contributed by atoms with Crippen LogP contribution in [0.3, 0.4) is 0 Å². The van der Waals surface area contributed by atoms with Gasteiger partial charge in [-0.1, -0.05) is 12.1 Å². The Morgan fingerprint density at radius 1 is 1.14 bits per heavy atom. The van der Waals surface area contributed by atoms with E-state index >= 15 is 0 Å². The van der Waals surface area contributed by atoms with E-state index in [0.717, 1.165) is 46.1 Å². The third-order valence-corrected chi connectivity index (χ3v) is 5.65. The third kappa shape index (κ3) is 4.14. The molecule has 1 N–H and O–H groups in total. The molecule has 148 valence electrons. The first-order valence-electron chi connectivity index (χ1n) is 9.46. The summed E-state index contributed by atoms with van der Waals surface area (Å²) < 4.78 is 7.36. The molecule has 0 saturated heterocycles. The van der Waals surface area contributed by atoms with E-state index in [2.05, 4.69) is 25.9 Å². The number of nitrogens with one attached hydrogen (secondary N) is 1. The fourth-order valence-electron chi connectivity index (χ4n) is 3.25. The number of benzene rings is 2. The number of nitrogens with zero attached hydrogens (tertiary/aromatic N) is 3. The first-order chi connectivity index (χ1) is 14.2. The zero-order valence-corrected chi connectivity index (χ0v) is 17.2. The van der Waals surface area contributed by atoms with Gasteiger partial charge >= 0.3 is 0 Å². The number of hydrogen-bond acceptors (Lipinski definition) is 5. The molecule has 0 unspecified atom stereocenters. The number of methoxy groups -OCH3 is 1. The minimum absolute atomic E-state index is 0.145. The Labute approximate surface area is 173 Å². The van der Waals surface area contributed by atoms with E-state index in [0.29, 0.717) is 12.2 Å². The van der Waals surface area contributed by atoms with Crippen molar-refractivity contribution in [2.75, 3.05) is 13.7 Å². The quantitative estimate of drug-likeness (QED) is 0.465. The van der Waals surface area contributed by atoms with Crippen LogP contribution in [0, 0.1) is 6.92 Å². The Kier molecular flexibility index (Phi) is 5.57. The molecule has 0 bridgehead atoms. The Morgan fingerprint density at radius 2 is 1.93 bits per heavy atom. The highest BCUT2D eigenvalue weighted by Crippen LogP contribution is 2.25. The molecule has 2 aromatic carbocycles. The number of ether oxygens (including phenoxy) is 1. The van der Waals surface area contributed by atoms with Crippen LogP contribution >= 0.6 is 11.3 Å². The molecule has 0 aliphatic rings. The van der Waals surface area contributed by atoms with Crippen molar-refractivity contribution < 1.29 is 9.53 Å². The lowest BCUT2D eigenvalue weighted by Crippen LogP contribution is -2.25. The molecule has 29 heavy (non-hydrogen) atoms. The molecule has 4 aromatic rings. The Balaban J connectivity index is 1.33. The second kappa shape index (κ2) is 8.45. The van der Waals surface area contributed by atoms with Gasteiger partial charge in [-0.15, -0.1) is 11.3 Å². The topological polar surface area (TPSA) is 69.0 Å². The predicted molar refractivity (Wildman–Crippen MR) is 116 cm³/mol. The summed E-state index contributed by atoms with van der Waals surface area (Å²) in [5.74, 6) is 1.64. The van der Waals surface area contributed by atoms with Crippen LogP contribution in [0.5, 0.6) is 5.75 Å². The van der Waals surface area contributed by atoms with Crippen LogP contribution in [-0.2, 0) is 6.54 Å². The van der Waals surface area contributed by atoms with Gasteiger partial charge in [-0.2, -0.15) is 0 Å². The lowest BCUT2D eigenvalue weighted by molar-refractivity contribution is 0.0948. The SMILES string of the molecule is COc1ccc(-c2nc(C(=O)NCCCn3c(C)nc4ccccc43)cs2)cc1. The molecule has 7 heteroatoms. The zero-order valence-electron chi connectivity index (χ0n) is 16.4. The van der Waals surface area contributed by atoms with E-state index < -0.39 is 0 Å². The van der Waals surface area contributed by atoms with Gasteiger partial charge in [0.2, 0.25) is 0 Å². The van der Waals surface area contributed by atoms with Crippen LogP contribution in [0.4, 0.5) is 0 Å². The Morgan fingerprint density at radius 3 is 2.72 bits per heavy atom. The highest BCUT2D eigenvalue weighted by molar-refractivity contribution is 7.13. The smallest absolute Gasteiger partial charge is 0.270 e. The molecular formula is C22H22N4O2S. The fraction of sp³-hybridized carbons (Fsp3) is 0.227. The molecule has 0 fully saturated rings. The normalized spacial score (nSPS) is 11.0. The van der Waals surface area contributed by atoms with Crippen molar-refractivity contribution in [2.45, 2.75) is 19.9 Å². The molecule has 1 amide bonds. The predicted octanol–water partition coefficient (Wildman–Crippen LogP) is 4.30. The third-order valence-electron chi connectivity index (χ3n) is 4.76. The minimum atomic E-state index is -0.145. The van der Waals surface area contributed by atoms with Gasteiger partial charge in [0, 0.05) is 24.0 Å². The van der Waals surface area contributed by atoms with Crippen molar-refractivity contribution >= 4 is 28.3 Å². The van der Waals surface area contributed by atoms with Crippen molar-refractivity contribution in [1.82, 2.24) is 19.9 Å². The van der Waals surface area contributed by atoms with Gasteiger partial charge in [0.1, 0.15) is 22.3 Å². The van der Waals surface area contributed by atoms with Gasteiger partial charge in [0.15, 0.2) is 0 Å². The summed E-state index contributed by atoms with van der Waals surface area (Å²) in [6.07, 6.45) is 0.822. The van der Waals surface area contributed by atoms with Crippen LogP contribution in [0.25, 0.3) is 21.6 Å². The molecule has 4 rings (SSSR count). The summed E-state index contributed by atoms with van der Waals surface area (Å²) in [7, 11) is 1.64. The van der Waals surface area contributed by atoms with Gasteiger partial charge < -0.3 is 14.6 Å². The molecule has 0 atom stereocenters. The summed E-state index contributed by atoms with van der Waals surface area (Å²) in [6, 6.07) is 15.8. The highest BCUT2D eigenvalue weighted by Gasteiger charge is 2.12. The number of imidazole rings is 1. The van der Waals surface area contributed by atoms with E-state index in [4.69, 9.17) is 4.74 Å². The second-order valence-corrected chi connectivity index (χ2v) is 7.53. The zero-order chi connectivity index (χ0) is 20.2. The van der Waals surface area contributed by atoms with Crippen LogP contribution in [0.15, 0.2) is 53.9 Å². The van der Waals surface area contributed by atoms with E-state index in [1.807, 2.05) is 49.4 Å². The van der Waals surface area contributed by atoms with E-state index in [-0.39, 0.29) is 5.91 Å². The number of carbonyl (C=O) groups excluding carboxylic acids is 1. The molecule has 2 heterocycles. The highest BCUT2D eigenvalue weighted by atomic mass is 32.1. The number of fused-ring (bicyclic) bond motifs is 1. The molecule has 0 spiro atoms. The second-order valence-electron chi connectivity index (χ2n) is 6.68. The van der Waals surface area contributed by atoms with Crippen molar-refractivity contribution in [2.24, 2.45) is 0 Å². The number of thiazole rings is 1. The average Bonchev–Trinajstić information content (AvgIpc) is 3.36. The number of rotatable bonds is 7. The van der Waals surface area contributed by atoms with E-state index in [9.17, 15) is 4.79 Å². The number of amides is 1. The summed E-state index contributed by atoms with van der Waals surface area (Å²) in [5.41, 5.74) is 3.55. The van der Waals surface area contributed by atoms with E-state index in [1.54, 1.807) is 12.5 Å². The molecular weight excluding hydrogens is 384 g/mol. The standard InChI is InChI=1S/C22H22N4O2S/c1-15-24-18-6-3-4-7-20(18)26(15)13-5-12-23-21(27)19-14-29-22(25-19)16-8-10-17(28-2)11-9-16/h3-4,6-11,14H,5,12-13H2,1-2H3,(H,23,27). The molecule has 0 aliphatic carbocycles. The summed E-state index contributed by atoms with van der Waals surface area (Å²) in [5, 5.41) is 5.58. The van der Waals surface area contributed by atoms with Crippen LogP contribution in [0.2, 0.25) is 0 Å². The summed E-state index contributed by atoms with van der Waals surface area (Å²) in [6.45, 7) is 3.40. The van der Waals surface area contributed by atoms with Crippen LogP contribution in [-0.4, -0.2) is 34.1 Å². The van der Waals surface area contributed by atoms with Crippen molar-refractivity contribution in [1.29, 1.82) is 0 Å². The number of aromatic nitrogens is 3. The first kappa shape index (κ1) is 19.1. The minimum Gasteiger partial charge on any atom is -0.497 e. The Bertz CT molecular complexity index is 1130. The van der Waals surface area contributed by atoms with Crippen LogP contribution < -0.4 is 10.1 Å². The number of aryl methyl sites for hydroxylation is 2. The fourth-order valence-corrected chi connectivity index (χ4v) is 4.06. The maximum Gasteiger partial charge on any atom is 0.270 e. The lowest BCUT2D eigenvalue weighted by atomic mass is 10.2. The lowest BCUT2D eigenvalue weighted by Gasteiger charge is -2.07. The maximum atomic E-state index is 12.4. The largest absolute Gasteiger partial charge is 0.497 e. The molecule has 0 saturated carbocycles. The van der Waals surface area contributed by atoms with Crippen molar-refractivity contribution in [3.05, 3.63) is 65.4 Å². The number of para-hydroxylation sites is 2. The van der Waals surface area contributed by atoms with E-state index in [1.165, 1.54) is 11.3 Å². The molecule has 0 radical (unpaired) electrons. The van der Waals surface area contributed by atoms with Gasteiger partial charge in [-0.3, -0.25) is 4.79 Å². The van der Waals surface area contributed by atoms with Gasteiger partial charge in [0.25, 0.3) is 5.91 Å². The molecule has 2 aromatic heterocycles. The Hall–Kier alpha value is -3.19. The van der Waals surface area contributed by atoms with Gasteiger partial charge in [0.05, 0.1) is 18.1 Å². The maximum absolute atomic E-state index is 12.4. The summed E-state index contributed by atoms with van der Waals surface area (Å²) in [4.78, 5) is 21.5. The number of hydrogen-bond donors (Lipinski definition) is 1. The molecule has 0 aliphatic heterocycles. The number of carbonyl (C=O) groups is 1. The van der Waals surface area contributed by atoms with Crippen LogP contribution in [0.1, 0.15) is 22.7 Å². The first-order valence-corrected chi connectivity index (χ1v) is 10.3.